The molecule has 3 N–H and O–H groups in total. The molecule has 0 aliphatic carbocycles. The summed E-state index contributed by atoms with van der Waals surface area (Å²) >= 11 is 8.36. The molecular formula is C18H18BrN3O4S. The molecule has 0 bridgehead atoms. The minimum atomic E-state index is -0.462. The van der Waals surface area contributed by atoms with Gasteiger partial charge in [-0.2, -0.15) is 0 Å². The van der Waals surface area contributed by atoms with Gasteiger partial charge in [0.05, 0.1) is 17.1 Å². The summed E-state index contributed by atoms with van der Waals surface area (Å²) in [5.74, 6) is 0.0390. The highest BCUT2D eigenvalue weighted by molar-refractivity contribution is 9.10. The van der Waals surface area contributed by atoms with Gasteiger partial charge in [0.1, 0.15) is 11.5 Å². The largest absolute Gasteiger partial charge is 0.496 e. The number of para-hydroxylation sites is 1. The average Bonchev–Trinajstić information content (AvgIpc) is 2.65. The second-order valence-corrected chi connectivity index (χ2v) is 6.64. The van der Waals surface area contributed by atoms with Crippen LogP contribution >= 0.6 is 28.1 Å². The molecule has 0 aliphatic heterocycles. The first-order valence-electron chi connectivity index (χ1n) is 7.83. The van der Waals surface area contributed by atoms with Crippen molar-refractivity contribution in [3.63, 3.8) is 0 Å². The summed E-state index contributed by atoms with van der Waals surface area (Å²) in [6.45, 7) is 1.73. The molecule has 0 aromatic heterocycles. The van der Waals surface area contributed by atoms with Crippen molar-refractivity contribution < 1.29 is 19.1 Å². The van der Waals surface area contributed by atoms with Gasteiger partial charge >= 0.3 is 0 Å². The van der Waals surface area contributed by atoms with E-state index in [9.17, 15) is 9.59 Å². The summed E-state index contributed by atoms with van der Waals surface area (Å²) in [5, 5.41) is 2.39. The predicted octanol–water partition coefficient (Wildman–Crippen LogP) is 2.48. The highest BCUT2D eigenvalue weighted by Crippen LogP contribution is 2.25. The number of benzene rings is 2. The molecule has 9 heteroatoms. The number of ether oxygens (including phenoxy) is 2. The highest BCUT2D eigenvalue weighted by Gasteiger charge is 2.13. The first kappa shape index (κ1) is 20.7. The molecule has 2 rings (SSSR count). The Balaban J connectivity index is 1.79. The lowest BCUT2D eigenvalue weighted by molar-refractivity contribution is -0.123. The monoisotopic (exact) mass is 451 g/mol. The van der Waals surface area contributed by atoms with Crippen molar-refractivity contribution in [2.75, 3.05) is 13.7 Å². The van der Waals surface area contributed by atoms with Crippen LogP contribution in [-0.2, 0) is 4.79 Å². The van der Waals surface area contributed by atoms with E-state index in [1.807, 2.05) is 19.1 Å². The number of methoxy groups -OCH3 is 1. The summed E-state index contributed by atoms with van der Waals surface area (Å²) < 4.78 is 11.3. The normalized spacial score (nSPS) is 9.89. The molecule has 0 spiro atoms. The molecule has 0 saturated carbocycles. The Kier molecular flexibility index (Phi) is 7.56. The molecule has 0 radical (unpaired) electrons. The van der Waals surface area contributed by atoms with Crippen LogP contribution in [0.3, 0.4) is 0 Å². The van der Waals surface area contributed by atoms with Crippen LogP contribution in [0.2, 0.25) is 0 Å². The van der Waals surface area contributed by atoms with E-state index < -0.39 is 11.8 Å². The minimum absolute atomic E-state index is 0.0595. The maximum Gasteiger partial charge on any atom is 0.276 e. The predicted molar refractivity (Wildman–Crippen MR) is 109 cm³/mol. The molecule has 2 amide bonds. The van der Waals surface area contributed by atoms with Crippen LogP contribution in [0.25, 0.3) is 0 Å². The third-order valence-electron chi connectivity index (χ3n) is 3.34. The second-order valence-electron chi connectivity index (χ2n) is 5.38. The SMILES string of the molecule is COc1ccccc1C(=O)NC(=S)NNC(=O)COc1ccc(C)cc1Br. The number of nitrogens with one attached hydrogen (secondary N) is 3. The molecular weight excluding hydrogens is 434 g/mol. The molecule has 0 heterocycles. The van der Waals surface area contributed by atoms with Crippen molar-refractivity contribution in [2.24, 2.45) is 0 Å². The van der Waals surface area contributed by atoms with Crippen LogP contribution in [0.1, 0.15) is 15.9 Å². The fourth-order valence-electron chi connectivity index (χ4n) is 2.06. The summed E-state index contributed by atoms with van der Waals surface area (Å²) in [6, 6.07) is 12.2. The third-order valence-corrected chi connectivity index (χ3v) is 4.16. The lowest BCUT2D eigenvalue weighted by atomic mass is 10.2. The molecule has 7 nitrogen and oxygen atoms in total. The van der Waals surface area contributed by atoms with Crippen molar-refractivity contribution in [3.05, 3.63) is 58.1 Å². The van der Waals surface area contributed by atoms with Gasteiger partial charge in [-0.15, -0.1) is 0 Å². The van der Waals surface area contributed by atoms with Crippen LogP contribution in [0.5, 0.6) is 11.5 Å². The molecule has 0 fully saturated rings. The van der Waals surface area contributed by atoms with Crippen LogP contribution in [0, 0.1) is 6.92 Å². The van der Waals surface area contributed by atoms with Gasteiger partial charge in [-0.05, 0) is 64.9 Å². The van der Waals surface area contributed by atoms with Gasteiger partial charge in [-0.1, -0.05) is 18.2 Å². The van der Waals surface area contributed by atoms with Gasteiger partial charge in [0.15, 0.2) is 11.7 Å². The third kappa shape index (κ3) is 6.22. The highest BCUT2D eigenvalue weighted by atomic mass is 79.9. The summed E-state index contributed by atoms with van der Waals surface area (Å²) in [5.41, 5.74) is 6.19. The zero-order valence-corrected chi connectivity index (χ0v) is 17.1. The van der Waals surface area contributed by atoms with Crippen LogP contribution < -0.4 is 25.6 Å². The van der Waals surface area contributed by atoms with Gasteiger partial charge in [0.2, 0.25) is 0 Å². The van der Waals surface area contributed by atoms with E-state index in [1.165, 1.54) is 7.11 Å². The van der Waals surface area contributed by atoms with Gasteiger partial charge in [-0.25, -0.2) is 0 Å². The Labute approximate surface area is 170 Å². The van der Waals surface area contributed by atoms with Crippen molar-refractivity contribution in [1.82, 2.24) is 16.2 Å². The summed E-state index contributed by atoms with van der Waals surface area (Å²) in [7, 11) is 1.47. The lowest BCUT2D eigenvalue weighted by Crippen LogP contribution is -2.49. The molecule has 2 aromatic carbocycles. The average molecular weight is 452 g/mol. The summed E-state index contributed by atoms with van der Waals surface area (Å²) in [4.78, 5) is 24.0. The first-order chi connectivity index (χ1) is 12.9. The quantitative estimate of drug-likeness (QED) is 0.477. The number of carbonyl (C=O) groups excluding carboxylic acids is 2. The summed E-state index contributed by atoms with van der Waals surface area (Å²) in [6.07, 6.45) is 0. The van der Waals surface area contributed by atoms with Gasteiger partial charge in [0.25, 0.3) is 11.8 Å². The fraction of sp³-hybridized carbons (Fsp3) is 0.167. The zero-order valence-electron chi connectivity index (χ0n) is 14.7. The van der Waals surface area contributed by atoms with Gasteiger partial charge in [-0.3, -0.25) is 25.8 Å². The van der Waals surface area contributed by atoms with E-state index in [2.05, 4.69) is 32.1 Å². The first-order valence-corrected chi connectivity index (χ1v) is 9.03. The standard InChI is InChI=1S/C18H18BrN3O4S/c1-11-7-8-15(13(19)9-11)26-10-16(23)21-22-18(27)20-17(24)12-5-3-4-6-14(12)25-2/h3-9H,10H2,1-2H3,(H,21,23)(H2,20,22,24,27). The Morgan fingerprint density at radius 2 is 1.85 bits per heavy atom. The number of hydrogen-bond donors (Lipinski definition) is 3. The Bertz CT molecular complexity index is 860. The smallest absolute Gasteiger partial charge is 0.276 e. The van der Waals surface area contributed by atoms with Crippen LogP contribution in [-0.4, -0.2) is 30.6 Å². The Hall–Kier alpha value is -2.65. The Morgan fingerprint density at radius 3 is 2.56 bits per heavy atom. The number of thiocarbonyl (C=S) groups is 1. The second kappa shape index (κ2) is 9.89. The van der Waals surface area contributed by atoms with Crippen molar-refractivity contribution >= 4 is 45.1 Å². The van der Waals surface area contributed by atoms with E-state index in [1.54, 1.807) is 30.3 Å². The van der Waals surface area contributed by atoms with Crippen molar-refractivity contribution in [3.8, 4) is 11.5 Å². The molecule has 2 aromatic rings. The maximum atomic E-state index is 12.2. The van der Waals surface area contributed by atoms with E-state index in [0.717, 1.165) is 10.0 Å². The maximum absolute atomic E-state index is 12.2. The Morgan fingerprint density at radius 1 is 1.11 bits per heavy atom. The number of halogens is 1. The number of rotatable bonds is 5. The molecule has 142 valence electrons. The van der Waals surface area contributed by atoms with Gasteiger partial charge in [0, 0.05) is 0 Å². The van der Waals surface area contributed by atoms with Crippen molar-refractivity contribution in [1.29, 1.82) is 0 Å². The van der Waals surface area contributed by atoms with Gasteiger partial charge < -0.3 is 9.47 Å². The van der Waals surface area contributed by atoms with Crippen LogP contribution in [0.4, 0.5) is 0 Å². The molecule has 0 saturated heterocycles. The number of amides is 2. The fourth-order valence-corrected chi connectivity index (χ4v) is 2.81. The molecule has 27 heavy (non-hydrogen) atoms. The molecule has 0 atom stereocenters. The van der Waals surface area contributed by atoms with E-state index in [-0.39, 0.29) is 11.7 Å². The molecule has 0 unspecified atom stereocenters. The topological polar surface area (TPSA) is 88.7 Å². The van der Waals surface area contributed by atoms with Crippen molar-refractivity contribution in [2.45, 2.75) is 6.92 Å². The zero-order chi connectivity index (χ0) is 19.8. The number of hydrazine groups is 1. The molecule has 0 aliphatic rings. The lowest BCUT2D eigenvalue weighted by Gasteiger charge is -2.13. The van der Waals surface area contributed by atoms with E-state index in [0.29, 0.717) is 17.1 Å². The number of aryl methyl sites for hydroxylation is 1. The minimum Gasteiger partial charge on any atom is -0.496 e. The van der Waals surface area contributed by atoms with E-state index >= 15 is 0 Å². The number of hydrogen-bond acceptors (Lipinski definition) is 5. The number of carbonyl (C=O) groups is 2. The van der Waals surface area contributed by atoms with Crippen LogP contribution in [0.15, 0.2) is 46.9 Å². The van der Waals surface area contributed by atoms with E-state index in [4.69, 9.17) is 21.7 Å².